The Morgan fingerprint density at radius 2 is 2.67 bits per heavy atom. The van der Waals surface area contributed by atoms with Crippen molar-refractivity contribution in [2.75, 3.05) is 0 Å². The highest BCUT2D eigenvalue weighted by Gasteiger charge is 1.83. The van der Waals surface area contributed by atoms with E-state index >= 15 is 0 Å². The van der Waals surface area contributed by atoms with Crippen molar-refractivity contribution in [3.63, 3.8) is 0 Å². The first-order valence-electron chi connectivity index (χ1n) is 1.45. The zero-order valence-corrected chi connectivity index (χ0v) is 3.73. The fraction of sp³-hybridized carbons (Fsp3) is 0. The minimum Gasteiger partial charge on any atom is -0.267 e. The van der Waals surface area contributed by atoms with E-state index in [1.54, 1.807) is 0 Å². The lowest BCUT2D eigenvalue weighted by Gasteiger charge is -1.58. The number of aromatic nitrogens is 1. The van der Waals surface area contributed by atoms with Gasteiger partial charge in [0.25, 0.3) is 5.88 Å². The van der Waals surface area contributed by atoms with Crippen molar-refractivity contribution in [1.29, 1.82) is 0 Å². The van der Waals surface area contributed by atoms with Crippen LogP contribution in [0.3, 0.4) is 0 Å². The molecular formula is C3H2NOS. The van der Waals surface area contributed by atoms with Crippen molar-refractivity contribution >= 4 is 11.3 Å². The van der Waals surface area contributed by atoms with Gasteiger partial charge < -0.3 is 0 Å². The Balaban J connectivity index is 3.05. The normalized spacial score (nSPS) is 8.67. The monoisotopic (exact) mass is 100.0 g/mol. The number of thiazole rings is 1. The van der Waals surface area contributed by atoms with Crippen LogP contribution in [0, 0.1) is 0 Å². The number of nitrogens with zero attached hydrogens (tertiary/aromatic N) is 1. The van der Waals surface area contributed by atoms with E-state index in [-0.39, 0.29) is 5.88 Å². The lowest BCUT2D eigenvalue weighted by Crippen LogP contribution is -1.48. The summed E-state index contributed by atoms with van der Waals surface area (Å²) in [5.74, 6) is -0.139. The molecule has 0 unspecified atom stereocenters. The lowest BCUT2D eigenvalue weighted by molar-refractivity contribution is 0.340. The third kappa shape index (κ3) is 0.490. The number of hydrogen-bond donors (Lipinski definition) is 0. The summed E-state index contributed by atoms with van der Waals surface area (Å²) in [5, 5.41) is 11.4. The van der Waals surface area contributed by atoms with Crippen LogP contribution in [0.1, 0.15) is 0 Å². The summed E-state index contributed by atoms with van der Waals surface area (Å²) >= 11 is 1.32. The molecule has 1 radical (unpaired) electrons. The van der Waals surface area contributed by atoms with Crippen molar-refractivity contribution in [2.24, 2.45) is 0 Å². The Bertz CT molecular complexity index is 114. The van der Waals surface area contributed by atoms with Gasteiger partial charge in [-0.05, 0) is 0 Å². The summed E-state index contributed by atoms with van der Waals surface area (Å²) in [7, 11) is 0. The molecule has 0 atom stereocenters. The van der Waals surface area contributed by atoms with Crippen molar-refractivity contribution in [3.8, 4) is 5.88 Å². The highest BCUT2D eigenvalue weighted by atomic mass is 32.1. The maximum atomic E-state index is 9.97. The van der Waals surface area contributed by atoms with E-state index in [1.165, 1.54) is 22.2 Å². The topological polar surface area (TPSA) is 32.8 Å². The Labute approximate surface area is 39.1 Å². The highest BCUT2D eigenvalue weighted by molar-refractivity contribution is 7.07. The van der Waals surface area contributed by atoms with E-state index < -0.39 is 0 Å². The molecule has 0 amide bonds. The van der Waals surface area contributed by atoms with Crippen LogP contribution >= 0.6 is 11.3 Å². The van der Waals surface area contributed by atoms with Gasteiger partial charge in [-0.2, -0.15) is 0 Å². The molecule has 0 fully saturated rings. The smallest absolute Gasteiger partial charge is 0.267 e. The SMILES string of the molecule is [O]c1cscn1. The first-order valence-corrected chi connectivity index (χ1v) is 2.39. The fourth-order valence-corrected chi connectivity index (χ4v) is 0.604. The average molecular weight is 100 g/mol. The Morgan fingerprint density at radius 3 is 2.83 bits per heavy atom. The quantitative estimate of drug-likeness (QED) is 0.483. The molecule has 0 aromatic carbocycles. The minimum atomic E-state index is -0.139. The molecule has 0 aliphatic carbocycles. The third-order valence-corrected chi connectivity index (χ3v) is 0.975. The molecule has 0 aliphatic rings. The zero-order chi connectivity index (χ0) is 4.41. The fourth-order valence-electron chi connectivity index (χ4n) is 0.201. The first kappa shape index (κ1) is 3.61. The van der Waals surface area contributed by atoms with Crippen LogP contribution in [0.25, 0.3) is 0 Å². The van der Waals surface area contributed by atoms with Crippen LogP contribution in [-0.2, 0) is 5.11 Å². The van der Waals surface area contributed by atoms with E-state index in [2.05, 4.69) is 4.98 Å². The lowest BCUT2D eigenvalue weighted by atomic mass is 10.9. The van der Waals surface area contributed by atoms with Gasteiger partial charge >= 0.3 is 0 Å². The summed E-state index contributed by atoms with van der Waals surface area (Å²) in [5.41, 5.74) is 1.52. The maximum Gasteiger partial charge on any atom is 0.280 e. The third-order valence-electron chi connectivity index (χ3n) is 0.410. The van der Waals surface area contributed by atoms with E-state index in [4.69, 9.17) is 0 Å². The van der Waals surface area contributed by atoms with Crippen molar-refractivity contribution in [3.05, 3.63) is 10.9 Å². The van der Waals surface area contributed by atoms with E-state index in [9.17, 15) is 5.11 Å². The summed E-state index contributed by atoms with van der Waals surface area (Å²) in [6, 6.07) is 0. The van der Waals surface area contributed by atoms with Crippen molar-refractivity contribution in [1.82, 2.24) is 4.98 Å². The molecule has 0 saturated carbocycles. The van der Waals surface area contributed by atoms with E-state index in [1.807, 2.05) is 0 Å². The molecule has 2 nitrogen and oxygen atoms in total. The van der Waals surface area contributed by atoms with Crippen LogP contribution in [0.4, 0.5) is 0 Å². The van der Waals surface area contributed by atoms with Gasteiger partial charge in [-0.25, -0.2) is 4.98 Å². The Kier molecular flexibility index (Phi) is 0.759. The second-order valence-corrected chi connectivity index (χ2v) is 1.55. The second kappa shape index (κ2) is 1.26. The molecule has 0 spiro atoms. The second-order valence-electron chi connectivity index (χ2n) is 0.827. The standard InChI is InChI=1S/C3H2NOS/c5-3-1-6-2-4-3/h1-2H. The number of hydrogen-bond acceptors (Lipinski definition) is 2. The van der Waals surface area contributed by atoms with Gasteiger partial charge in [-0.3, -0.25) is 5.11 Å². The van der Waals surface area contributed by atoms with Crippen LogP contribution < -0.4 is 0 Å². The van der Waals surface area contributed by atoms with Gasteiger partial charge in [-0.1, -0.05) is 0 Å². The van der Waals surface area contributed by atoms with Gasteiger partial charge in [-0.15, -0.1) is 11.3 Å². The molecule has 0 bridgehead atoms. The summed E-state index contributed by atoms with van der Waals surface area (Å²) in [6.07, 6.45) is 0. The Morgan fingerprint density at radius 1 is 1.83 bits per heavy atom. The van der Waals surface area contributed by atoms with Gasteiger partial charge in [0.1, 0.15) is 0 Å². The zero-order valence-electron chi connectivity index (χ0n) is 2.92. The maximum absolute atomic E-state index is 9.97. The van der Waals surface area contributed by atoms with E-state index in [0.29, 0.717) is 0 Å². The first-order chi connectivity index (χ1) is 2.89. The largest absolute Gasteiger partial charge is 0.280 e. The van der Waals surface area contributed by atoms with Crippen molar-refractivity contribution in [2.45, 2.75) is 0 Å². The van der Waals surface area contributed by atoms with Gasteiger partial charge in [0.05, 0.1) is 10.9 Å². The molecule has 1 aromatic heterocycles. The molecule has 0 saturated heterocycles. The molecule has 31 valence electrons. The predicted molar refractivity (Wildman–Crippen MR) is 22.2 cm³/mol. The van der Waals surface area contributed by atoms with E-state index in [0.717, 1.165) is 0 Å². The van der Waals surface area contributed by atoms with Crippen LogP contribution in [0.5, 0.6) is 5.88 Å². The summed E-state index contributed by atoms with van der Waals surface area (Å²) in [6.45, 7) is 0. The molecule has 0 N–H and O–H groups in total. The summed E-state index contributed by atoms with van der Waals surface area (Å²) in [4.78, 5) is 3.38. The molecule has 1 aromatic rings. The van der Waals surface area contributed by atoms with Crippen molar-refractivity contribution < 1.29 is 5.11 Å². The highest BCUT2D eigenvalue weighted by Crippen LogP contribution is 2.06. The van der Waals surface area contributed by atoms with Crippen LogP contribution in [0.2, 0.25) is 0 Å². The van der Waals surface area contributed by atoms with Crippen LogP contribution in [-0.4, -0.2) is 4.98 Å². The molecule has 1 heterocycles. The Hall–Kier alpha value is -0.570. The average Bonchev–Trinajstić information content (AvgIpc) is 1.86. The van der Waals surface area contributed by atoms with Gasteiger partial charge in [0.2, 0.25) is 0 Å². The molecular weight excluding hydrogens is 98.1 g/mol. The molecule has 6 heavy (non-hydrogen) atoms. The van der Waals surface area contributed by atoms with Crippen LogP contribution in [0.15, 0.2) is 10.9 Å². The minimum absolute atomic E-state index is 0.139. The summed E-state index contributed by atoms with van der Waals surface area (Å²) < 4.78 is 0. The van der Waals surface area contributed by atoms with Gasteiger partial charge in [0, 0.05) is 0 Å². The molecule has 3 heteroatoms. The number of rotatable bonds is 0. The van der Waals surface area contributed by atoms with Gasteiger partial charge in [0.15, 0.2) is 0 Å². The molecule has 0 aliphatic heterocycles. The predicted octanol–water partition coefficient (Wildman–Crippen LogP) is 1.29. The molecule has 1 rings (SSSR count).